The van der Waals surface area contributed by atoms with Crippen LogP contribution in [-0.4, -0.2) is 30.8 Å². The van der Waals surface area contributed by atoms with E-state index in [1.165, 1.54) is 105 Å². The molecule has 0 unspecified atom stereocenters. The standard InChI is InChI=1S/C69H42BN5/c1-7-19-43(20-8-1)49-33-56-64-54(47-27-15-5-16-28-47)31-51(45-23-11-3-12-24-45)37-60(64)74-62-39-53(69-72-41-71-42-73-69)40-63-66(62)70(58(35-49)67(56)74)59-36-50(44-21-9-2-10-22-44)34-57-65-55(48-29-17-6-18-30-48)32-52(46-25-13-4-14-26-46)38-61(65)75(63)68(57)59/h1-42H. The van der Waals surface area contributed by atoms with E-state index in [2.05, 4.69) is 257 Å². The predicted octanol–water partition coefficient (Wildman–Crippen LogP) is 14.9. The summed E-state index contributed by atoms with van der Waals surface area (Å²) in [6.45, 7) is -0.157. The van der Waals surface area contributed by atoms with E-state index in [1.54, 1.807) is 12.7 Å². The Balaban J connectivity index is 1.14. The maximum atomic E-state index is 4.86. The van der Waals surface area contributed by atoms with Crippen molar-refractivity contribution in [3.8, 4) is 89.5 Å². The highest BCUT2D eigenvalue weighted by molar-refractivity contribution is 7.00. The summed E-state index contributed by atoms with van der Waals surface area (Å²) in [5, 5.41) is 4.89. The molecule has 16 rings (SSSR count). The quantitative estimate of drug-likeness (QED) is 0.150. The lowest BCUT2D eigenvalue weighted by Gasteiger charge is -2.34. The molecule has 11 aromatic carbocycles. The third-order valence-corrected chi connectivity index (χ3v) is 15.9. The fraction of sp³-hybridized carbons (Fsp3) is 0. The minimum atomic E-state index is -0.157. The lowest BCUT2D eigenvalue weighted by Crippen LogP contribution is -2.59. The molecule has 3 aromatic heterocycles. The number of hydrogen-bond acceptors (Lipinski definition) is 3. The average Bonchev–Trinajstić information content (AvgIpc) is 4.09. The van der Waals surface area contributed by atoms with Crippen LogP contribution in [0.4, 0.5) is 0 Å². The third kappa shape index (κ3) is 6.30. The Hall–Kier alpha value is -9.91. The Morgan fingerprint density at radius 2 is 0.653 bits per heavy atom. The van der Waals surface area contributed by atoms with Gasteiger partial charge in [-0.2, -0.15) is 0 Å². The number of hydrogen-bond donors (Lipinski definition) is 0. The van der Waals surface area contributed by atoms with Crippen molar-refractivity contribution in [1.29, 1.82) is 0 Å². The first-order valence-electron chi connectivity index (χ1n) is 25.7. The van der Waals surface area contributed by atoms with Gasteiger partial charge in [-0.05, 0) is 132 Å². The smallest absolute Gasteiger partial charge is 0.252 e. The Labute approximate surface area is 433 Å². The number of nitrogens with zero attached hydrogens (tertiary/aromatic N) is 5. The van der Waals surface area contributed by atoms with Crippen LogP contribution in [0.2, 0.25) is 0 Å². The minimum Gasteiger partial charge on any atom is -0.310 e. The summed E-state index contributed by atoms with van der Waals surface area (Å²) in [5.74, 6) is 0.626. The summed E-state index contributed by atoms with van der Waals surface area (Å²) >= 11 is 0. The van der Waals surface area contributed by atoms with Gasteiger partial charge in [-0.3, -0.25) is 0 Å². The van der Waals surface area contributed by atoms with Crippen molar-refractivity contribution in [2.45, 2.75) is 0 Å². The third-order valence-electron chi connectivity index (χ3n) is 15.9. The SMILES string of the molecule is c1ccc(-c2cc3c4c(c2)c2c(-c5ccccc5)cc(-c5ccccc5)cc2n4-c2cc(-c4ncncn4)cc4c2B3c2cc(-c3ccccc3)cc3c5c(-c6ccccc6)cc(-c6ccccc6)cc5n-4c23)cc1. The summed E-state index contributed by atoms with van der Waals surface area (Å²) in [7, 11) is 0. The molecular weight excluding hydrogens is 910 g/mol. The topological polar surface area (TPSA) is 48.5 Å². The van der Waals surface area contributed by atoms with E-state index in [4.69, 9.17) is 9.97 Å². The van der Waals surface area contributed by atoms with Crippen LogP contribution in [-0.2, 0) is 0 Å². The fourth-order valence-electron chi connectivity index (χ4n) is 12.7. The van der Waals surface area contributed by atoms with E-state index >= 15 is 0 Å². The first kappa shape index (κ1) is 41.7. The number of rotatable bonds is 7. The minimum absolute atomic E-state index is 0.157. The van der Waals surface area contributed by atoms with Gasteiger partial charge >= 0.3 is 0 Å². The second kappa shape index (κ2) is 16.3. The molecule has 2 aliphatic rings. The molecule has 0 saturated heterocycles. The highest BCUT2D eigenvalue weighted by Gasteiger charge is 2.42. The summed E-state index contributed by atoms with van der Waals surface area (Å²) in [5.41, 5.74) is 25.8. The van der Waals surface area contributed by atoms with Gasteiger partial charge in [-0.15, -0.1) is 0 Å². The van der Waals surface area contributed by atoms with Crippen LogP contribution in [0, 0.1) is 0 Å². The van der Waals surface area contributed by atoms with Gasteiger partial charge in [0, 0.05) is 49.5 Å². The van der Waals surface area contributed by atoms with Crippen molar-refractivity contribution < 1.29 is 0 Å². The Morgan fingerprint density at radius 3 is 1.03 bits per heavy atom. The molecule has 0 fully saturated rings. The van der Waals surface area contributed by atoms with Crippen LogP contribution in [0.15, 0.2) is 255 Å². The highest BCUT2D eigenvalue weighted by Crippen LogP contribution is 2.48. The molecule has 0 amide bonds. The van der Waals surface area contributed by atoms with E-state index in [0.717, 1.165) is 39.1 Å². The fourth-order valence-corrected chi connectivity index (χ4v) is 12.7. The molecule has 0 N–H and O–H groups in total. The maximum Gasteiger partial charge on any atom is 0.252 e. The first-order valence-corrected chi connectivity index (χ1v) is 25.7. The average molecular weight is 952 g/mol. The lowest BCUT2D eigenvalue weighted by molar-refractivity contribution is 1.05. The molecule has 14 aromatic rings. The maximum absolute atomic E-state index is 4.86. The van der Waals surface area contributed by atoms with Crippen LogP contribution in [0.1, 0.15) is 0 Å². The Bertz CT molecular complexity index is 4320. The van der Waals surface area contributed by atoms with Gasteiger partial charge in [-0.1, -0.05) is 194 Å². The van der Waals surface area contributed by atoms with Crippen LogP contribution in [0.25, 0.3) is 133 Å². The summed E-state index contributed by atoms with van der Waals surface area (Å²) in [6.07, 6.45) is 3.22. The van der Waals surface area contributed by atoms with Crippen LogP contribution in [0.5, 0.6) is 0 Å². The zero-order valence-corrected chi connectivity index (χ0v) is 40.6. The Morgan fingerprint density at radius 1 is 0.307 bits per heavy atom. The van der Waals surface area contributed by atoms with E-state index in [-0.39, 0.29) is 6.71 Å². The molecule has 2 aliphatic heterocycles. The molecule has 0 radical (unpaired) electrons. The molecular formula is C69H42BN5. The molecule has 6 heteroatoms. The second-order valence-electron chi connectivity index (χ2n) is 19.9. The van der Waals surface area contributed by atoms with Crippen LogP contribution < -0.4 is 16.4 Å². The van der Waals surface area contributed by atoms with Crippen molar-refractivity contribution in [3.05, 3.63) is 255 Å². The summed E-state index contributed by atoms with van der Waals surface area (Å²) in [4.78, 5) is 14.0. The first-order chi connectivity index (χ1) is 37.2. The van der Waals surface area contributed by atoms with Gasteiger partial charge in [0.25, 0.3) is 6.71 Å². The predicted molar refractivity (Wildman–Crippen MR) is 311 cm³/mol. The number of aromatic nitrogens is 5. The molecule has 0 saturated carbocycles. The summed E-state index contributed by atoms with van der Waals surface area (Å²) < 4.78 is 5.18. The van der Waals surface area contributed by atoms with E-state index in [1.807, 2.05) is 0 Å². The van der Waals surface area contributed by atoms with Crippen molar-refractivity contribution in [1.82, 2.24) is 24.1 Å². The van der Waals surface area contributed by atoms with Crippen LogP contribution in [0.3, 0.4) is 0 Å². The second-order valence-corrected chi connectivity index (χ2v) is 19.9. The van der Waals surface area contributed by atoms with Gasteiger partial charge in [0.15, 0.2) is 5.82 Å². The molecule has 5 heterocycles. The molecule has 0 aliphatic carbocycles. The van der Waals surface area contributed by atoms with Gasteiger partial charge in [0.05, 0.1) is 11.0 Å². The zero-order valence-electron chi connectivity index (χ0n) is 40.6. The zero-order chi connectivity index (χ0) is 49.1. The molecule has 0 spiro atoms. The van der Waals surface area contributed by atoms with Gasteiger partial charge in [-0.25, -0.2) is 15.0 Å². The summed E-state index contributed by atoms with van der Waals surface area (Å²) in [6, 6.07) is 89.7. The van der Waals surface area contributed by atoms with Gasteiger partial charge < -0.3 is 9.13 Å². The van der Waals surface area contributed by atoms with Crippen molar-refractivity contribution in [3.63, 3.8) is 0 Å². The normalized spacial score (nSPS) is 12.2. The van der Waals surface area contributed by atoms with E-state index < -0.39 is 0 Å². The molecule has 75 heavy (non-hydrogen) atoms. The van der Waals surface area contributed by atoms with Crippen LogP contribution >= 0.6 is 0 Å². The van der Waals surface area contributed by atoms with E-state index in [0.29, 0.717) is 5.82 Å². The highest BCUT2D eigenvalue weighted by atomic mass is 15.0. The monoisotopic (exact) mass is 951 g/mol. The largest absolute Gasteiger partial charge is 0.310 e. The van der Waals surface area contributed by atoms with Gasteiger partial charge in [0.2, 0.25) is 0 Å². The van der Waals surface area contributed by atoms with Crippen molar-refractivity contribution in [2.75, 3.05) is 0 Å². The molecule has 5 nitrogen and oxygen atoms in total. The van der Waals surface area contributed by atoms with E-state index in [9.17, 15) is 0 Å². The number of fused-ring (bicyclic) bond motifs is 10. The molecule has 0 bridgehead atoms. The number of benzene rings is 11. The van der Waals surface area contributed by atoms with Gasteiger partial charge in [0.1, 0.15) is 12.7 Å². The Kier molecular flexibility index (Phi) is 9.06. The molecule has 0 atom stereocenters. The van der Waals surface area contributed by atoms with Crippen molar-refractivity contribution >= 4 is 66.7 Å². The lowest BCUT2D eigenvalue weighted by atomic mass is 9.34. The van der Waals surface area contributed by atoms with Crippen molar-refractivity contribution in [2.24, 2.45) is 0 Å². The molecule has 346 valence electrons.